The highest BCUT2D eigenvalue weighted by Crippen LogP contribution is 2.15. The topological polar surface area (TPSA) is 61.8 Å². The fraction of sp³-hybridized carbons (Fsp3) is 0.763. The first-order valence-electron chi connectivity index (χ1n) is 27.5. The van der Waals surface area contributed by atoms with Crippen molar-refractivity contribution < 1.29 is 23.8 Å². The van der Waals surface area contributed by atoms with Crippen molar-refractivity contribution in [3.05, 3.63) is 72.9 Å². The molecule has 0 rings (SSSR count). The Labute approximate surface area is 397 Å². The maximum absolute atomic E-state index is 12.8. The maximum Gasteiger partial charge on any atom is 0.306 e. The van der Waals surface area contributed by atoms with Gasteiger partial charge in [-0.05, 0) is 89.9 Å². The largest absolute Gasteiger partial charge is 0.462 e. The summed E-state index contributed by atoms with van der Waals surface area (Å²) in [5.41, 5.74) is 0. The van der Waals surface area contributed by atoms with Gasteiger partial charge in [-0.2, -0.15) is 0 Å². The van der Waals surface area contributed by atoms with Gasteiger partial charge in [0.25, 0.3) is 0 Å². The SMILES string of the molecule is CC/C=C\C/C=C\C/C=C\C/C=C\CCCCCCC(=O)OCC(COCCCCCCCCCCCCCCCCCC)OC(=O)CCCCCCC/C=C\C/C=C\CCCCC. The molecule has 0 saturated carbocycles. The second-order valence-electron chi connectivity index (χ2n) is 18.1. The molecule has 0 aliphatic carbocycles. The third-order valence-electron chi connectivity index (χ3n) is 11.7. The van der Waals surface area contributed by atoms with Crippen LogP contribution in [0.4, 0.5) is 0 Å². The molecule has 0 aromatic carbocycles. The van der Waals surface area contributed by atoms with Crippen LogP contribution in [0, 0.1) is 0 Å². The molecule has 5 nitrogen and oxygen atoms in total. The van der Waals surface area contributed by atoms with E-state index in [1.165, 1.54) is 128 Å². The van der Waals surface area contributed by atoms with Crippen molar-refractivity contribution in [3.8, 4) is 0 Å². The fourth-order valence-corrected chi connectivity index (χ4v) is 7.65. The Hall–Kier alpha value is -2.66. The Morgan fingerprint density at radius 1 is 0.359 bits per heavy atom. The molecular formula is C59H104O5. The quantitative estimate of drug-likeness (QED) is 0.0346. The lowest BCUT2D eigenvalue weighted by Gasteiger charge is -2.18. The molecule has 0 amide bonds. The molecular weight excluding hydrogens is 789 g/mol. The first-order chi connectivity index (χ1) is 31.6. The van der Waals surface area contributed by atoms with Crippen LogP contribution in [-0.4, -0.2) is 37.9 Å². The van der Waals surface area contributed by atoms with E-state index in [-0.39, 0.29) is 25.2 Å². The van der Waals surface area contributed by atoms with E-state index in [0.29, 0.717) is 19.4 Å². The van der Waals surface area contributed by atoms with Crippen LogP contribution in [0.15, 0.2) is 72.9 Å². The van der Waals surface area contributed by atoms with Crippen LogP contribution < -0.4 is 0 Å². The summed E-state index contributed by atoms with van der Waals surface area (Å²) >= 11 is 0. The molecule has 0 bridgehead atoms. The first kappa shape index (κ1) is 61.3. The van der Waals surface area contributed by atoms with E-state index in [9.17, 15) is 9.59 Å². The lowest BCUT2D eigenvalue weighted by molar-refractivity contribution is -0.163. The highest BCUT2D eigenvalue weighted by atomic mass is 16.6. The first-order valence-corrected chi connectivity index (χ1v) is 27.5. The van der Waals surface area contributed by atoms with Crippen molar-refractivity contribution in [3.63, 3.8) is 0 Å². The molecule has 0 heterocycles. The van der Waals surface area contributed by atoms with Gasteiger partial charge in [-0.1, -0.05) is 235 Å². The Morgan fingerprint density at radius 3 is 1.16 bits per heavy atom. The molecule has 0 fully saturated rings. The average Bonchev–Trinajstić information content (AvgIpc) is 3.30. The monoisotopic (exact) mass is 893 g/mol. The van der Waals surface area contributed by atoms with Crippen LogP contribution in [0.5, 0.6) is 0 Å². The number of carbonyl (C=O) groups is 2. The van der Waals surface area contributed by atoms with Crippen LogP contribution in [-0.2, 0) is 23.8 Å². The molecule has 0 aliphatic rings. The van der Waals surface area contributed by atoms with Crippen LogP contribution in [0.3, 0.4) is 0 Å². The Balaban J connectivity index is 4.32. The summed E-state index contributed by atoms with van der Waals surface area (Å²) in [7, 11) is 0. The van der Waals surface area contributed by atoms with E-state index in [0.717, 1.165) is 103 Å². The molecule has 370 valence electrons. The third-order valence-corrected chi connectivity index (χ3v) is 11.7. The van der Waals surface area contributed by atoms with Crippen molar-refractivity contribution in [2.45, 2.75) is 271 Å². The minimum absolute atomic E-state index is 0.0670. The number of esters is 2. The number of hydrogen-bond acceptors (Lipinski definition) is 5. The van der Waals surface area contributed by atoms with E-state index >= 15 is 0 Å². The van der Waals surface area contributed by atoms with E-state index in [1.807, 2.05) is 0 Å². The molecule has 0 spiro atoms. The predicted octanol–water partition coefficient (Wildman–Crippen LogP) is 18.7. The summed E-state index contributed by atoms with van der Waals surface area (Å²) in [6.07, 6.45) is 70.5. The van der Waals surface area contributed by atoms with Crippen LogP contribution >= 0.6 is 0 Å². The van der Waals surface area contributed by atoms with Crippen molar-refractivity contribution in [2.75, 3.05) is 19.8 Å². The summed E-state index contributed by atoms with van der Waals surface area (Å²) in [6.45, 7) is 7.68. The Kier molecular flexibility index (Phi) is 52.4. The highest BCUT2D eigenvalue weighted by molar-refractivity contribution is 5.70. The predicted molar refractivity (Wildman–Crippen MR) is 279 cm³/mol. The summed E-state index contributed by atoms with van der Waals surface area (Å²) in [5.74, 6) is -0.433. The minimum atomic E-state index is -0.554. The lowest BCUT2D eigenvalue weighted by Crippen LogP contribution is -2.30. The average molecular weight is 893 g/mol. The molecule has 0 aromatic heterocycles. The molecule has 0 radical (unpaired) electrons. The van der Waals surface area contributed by atoms with Gasteiger partial charge in [0, 0.05) is 19.4 Å². The van der Waals surface area contributed by atoms with Crippen LogP contribution in [0.1, 0.15) is 265 Å². The summed E-state index contributed by atoms with van der Waals surface area (Å²) in [5, 5.41) is 0. The van der Waals surface area contributed by atoms with Gasteiger partial charge in [0.05, 0.1) is 6.61 Å². The maximum atomic E-state index is 12.8. The van der Waals surface area contributed by atoms with Gasteiger partial charge in [0.2, 0.25) is 0 Å². The number of carbonyl (C=O) groups excluding carboxylic acids is 2. The molecule has 5 heteroatoms. The molecule has 0 N–H and O–H groups in total. The zero-order valence-corrected chi connectivity index (χ0v) is 42.5. The number of ether oxygens (including phenoxy) is 3. The van der Waals surface area contributed by atoms with Gasteiger partial charge in [-0.3, -0.25) is 9.59 Å². The smallest absolute Gasteiger partial charge is 0.306 e. The zero-order chi connectivity index (χ0) is 46.3. The van der Waals surface area contributed by atoms with Crippen molar-refractivity contribution in [1.29, 1.82) is 0 Å². The normalized spacial score (nSPS) is 12.7. The standard InChI is InChI=1S/C59H104O5/c1-4-7-10-13-16-19-22-25-28-30-32-34-37-40-43-46-49-52-58(60)63-56-57(55-62-54-51-48-45-42-39-36-33-29-26-23-20-17-14-11-8-5-2)64-59(61)53-50-47-44-41-38-35-31-27-24-21-18-15-12-9-6-3/h7,10,16,18-19,21,25,27-28,31-32,34,57H,4-6,8-9,11-15,17,20,22-24,26,29-30,33,35-56H2,1-3H3/b10-7-,19-16-,21-18-,28-25-,31-27-,34-32-. The fourth-order valence-electron chi connectivity index (χ4n) is 7.65. The van der Waals surface area contributed by atoms with Crippen molar-refractivity contribution >= 4 is 11.9 Å². The van der Waals surface area contributed by atoms with E-state index in [1.54, 1.807) is 0 Å². The zero-order valence-electron chi connectivity index (χ0n) is 42.5. The Morgan fingerprint density at radius 2 is 0.703 bits per heavy atom. The van der Waals surface area contributed by atoms with Crippen LogP contribution in [0.2, 0.25) is 0 Å². The minimum Gasteiger partial charge on any atom is -0.462 e. The van der Waals surface area contributed by atoms with Crippen molar-refractivity contribution in [1.82, 2.24) is 0 Å². The number of rotatable bonds is 50. The Bertz CT molecular complexity index is 1150. The number of unbranched alkanes of at least 4 members (excludes halogenated alkanes) is 27. The molecule has 0 aliphatic heterocycles. The van der Waals surface area contributed by atoms with E-state index in [2.05, 4.69) is 93.7 Å². The number of hydrogen-bond donors (Lipinski definition) is 0. The molecule has 0 aromatic rings. The third kappa shape index (κ3) is 52.0. The van der Waals surface area contributed by atoms with E-state index in [4.69, 9.17) is 14.2 Å². The molecule has 1 unspecified atom stereocenters. The summed E-state index contributed by atoms with van der Waals surface area (Å²) in [6, 6.07) is 0. The van der Waals surface area contributed by atoms with Gasteiger partial charge in [0.15, 0.2) is 6.10 Å². The second-order valence-corrected chi connectivity index (χ2v) is 18.1. The van der Waals surface area contributed by atoms with Gasteiger partial charge >= 0.3 is 11.9 Å². The van der Waals surface area contributed by atoms with Gasteiger partial charge in [-0.25, -0.2) is 0 Å². The highest BCUT2D eigenvalue weighted by Gasteiger charge is 2.17. The summed E-state index contributed by atoms with van der Waals surface area (Å²) in [4.78, 5) is 25.5. The second kappa shape index (κ2) is 54.7. The van der Waals surface area contributed by atoms with Gasteiger partial charge in [-0.15, -0.1) is 0 Å². The lowest BCUT2D eigenvalue weighted by atomic mass is 10.0. The molecule has 64 heavy (non-hydrogen) atoms. The van der Waals surface area contributed by atoms with E-state index < -0.39 is 6.10 Å². The van der Waals surface area contributed by atoms with Gasteiger partial charge < -0.3 is 14.2 Å². The van der Waals surface area contributed by atoms with Gasteiger partial charge in [0.1, 0.15) is 6.61 Å². The van der Waals surface area contributed by atoms with Crippen molar-refractivity contribution in [2.24, 2.45) is 0 Å². The van der Waals surface area contributed by atoms with Crippen LogP contribution in [0.25, 0.3) is 0 Å². The summed E-state index contributed by atoms with van der Waals surface area (Å²) < 4.78 is 17.4. The number of allylic oxidation sites excluding steroid dienone is 12. The molecule has 1 atom stereocenters. The molecule has 0 saturated heterocycles.